The molecule has 0 aliphatic carbocycles. The molecule has 1 aliphatic heterocycles. The molecule has 0 unspecified atom stereocenters. The molecule has 190 valence electrons. The van der Waals surface area contributed by atoms with Crippen LogP contribution < -0.4 is 0 Å². The molecule has 0 spiro atoms. The number of nitrogens with zero attached hydrogens (tertiary/aromatic N) is 3. The molecule has 2 heterocycles. The largest absolute Gasteiger partial charge is 0.348 e. The van der Waals surface area contributed by atoms with E-state index in [1.807, 2.05) is 49.5 Å². The van der Waals surface area contributed by atoms with Crippen LogP contribution in [0.25, 0.3) is 0 Å². The lowest BCUT2D eigenvalue weighted by atomic mass is 9.99. The van der Waals surface area contributed by atoms with Crippen molar-refractivity contribution in [2.75, 3.05) is 19.6 Å². The number of carbonyl (C=O) groups is 2. The summed E-state index contributed by atoms with van der Waals surface area (Å²) in [7, 11) is 0. The van der Waals surface area contributed by atoms with Crippen LogP contribution in [-0.4, -0.2) is 45.8 Å². The van der Waals surface area contributed by atoms with Crippen LogP contribution in [0.3, 0.4) is 0 Å². The second-order valence-corrected chi connectivity index (χ2v) is 9.52. The van der Waals surface area contributed by atoms with Gasteiger partial charge in [0, 0.05) is 42.7 Å². The molecular formula is C30H36FN3O2. The summed E-state index contributed by atoms with van der Waals surface area (Å²) in [6.45, 7) is 5.73. The number of amides is 2. The number of aromatic nitrogens is 1. The monoisotopic (exact) mass is 489 g/mol. The van der Waals surface area contributed by atoms with Gasteiger partial charge in [-0.3, -0.25) is 9.59 Å². The fourth-order valence-corrected chi connectivity index (χ4v) is 5.03. The topological polar surface area (TPSA) is 45.6 Å². The van der Waals surface area contributed by atoms with Crippen molar-refractivity contribution in [2.45, 2.75) is 58.5 Å². The second kappa shape index (κ2) is 12.0. The standard InChI is InChI=1S/C30H36FN3O2/c1-3-5-6-10-23-14-16-24(17-15-23)30(36)33(18-4-2)22-28(35)34-21-20-32-19-9-13-27(32)29(34)25-11-7-8-12-26(25)31/h7-9,11-17,19,29H,3-6,10,18,20-22H2,1-2H3/t29-/m1/s1. The summed E-state index contributed by atoms with van der Waals surface area (Å²) in [6, 6.07) is 17.7. The number of unbranched alkanes of at least 4 members (excludes halogenated alkanes) is 2. The van der Waals surface area contributed by atoms with Crippen LogP contribution in [0.15, 0.2) is 66.9 Å². The highest BCUT2D eigenvalue weighted by atomic mass is 19.1. The molecule has 2 amide bonds. The number of carbonyl (C=O) groups excluding carboxylic acids is 2. The van der Waals surface area contributed by atoms with Crippen molar-refractivity contribution < 1.29 is 14.0 Å². The maximum atomic E-state index is 14.9. The van der Waals surface area contributed by atoms with Gasteiger partial charge in [-0.05, 0) is 55.2 Å². The molecule has 1 atom stereocenters. The molecule has 0 bridgehead atoms. The van der Waals surface area contributed by atoms with Crippen molar-refractivity contribution >= 4 is 11.8 Å². The number of rotatable bonds is 10. The molecule has 2 aromatic carbocycles. The van der Waals surface area contributed by atoms with Crippen LogP contribution >= 0.6 is 0 Å². The van der Waals surface area contributed by atoms with E-state index in [1.165, 1.54) is 24.5 Å². The molecule has 1 aliphatic rings. The SMILES string of the molecule is CCCCCc1ccc(C(=O)N(CCC)CC(=O)N2CCn3cccc3[C@H]2c2ccccc2F)cc1. The first-order valence-electron chi connectivity index (χ1n) is 13.1. The van der Waals surface area contributed by atoms with Crippen LogP contribution in [0, 0.1) is 5.82 Å². The molecule has 0 radical (unpaired) electrons. The average Bonchev–Trinajstić information content (AvgIpc) is 3.37. The van der Waals surface area contributed by atoms with Crippen molar-refractivity contribution in [2.24, 2.45) is 0 Å². The normalized spacial score (nSPS) is 15.0. The van der Waals surface area contributed by atoms with Crippen LogP contribution in [0.1, 0.15) is 72.8 Å². The summed E-state index contributed by atoms with van der Waals surface area (Å²) in [5.41, 5.74) is 3.17. The number of aryl methyl sites for hydroxylation is 1. The van der Waals surface area contributed by atoms with E-state index in [0.717, 1.165) is 25.0 Å². The number of benzene rings is 2. The van der Waals surface area contributed by atoms with E-state index in [2.05, 4.69) is 11.5 Å². The maximum Gasteiger partial charge on any atom is 0.254 e. The summed E-state index contributed by atoms with van der Waals surface area (Å²) < 4.78 is 16.9. The second-order valence-electron chi connectivity index (χ2n) is 9.52. The molecule has 0 saturated carbocycles. The van der Waals surface area contributed by atoms with Crippen LogP contribution in [-0.2, 0) is 17.8 Å². The predicted octanol–water partition coefficient (Wildman–Crippen LogP) is 5.84. The van der Waals surface area contributed by atoms with Gasteiger partial charge in [-0.15, -0.1) is 0 Å². The van der Waals surface area contributed by atoms with Crippen molar-refractivity contribution in [3.05, 3.63) is 95.1 Å². The van der Waals surface area contributed by atoms with Crippen molar-refractivity contribution in [1.29, 1.82) is 0 Å². The Morgan fingerprint density at radius 1 is 0.944 bits per heavy atom. The molecule has 4 rings (SSSR count). The lowest BCUT2D eigenvalue weighted by Crippen LogP contribution is -2.48. The first-order valence-corrected chi connectivity index (χ1v) is 13.1. The third-order valence-corrected chi connectivity index (χ3v) is 6.94. The Hall–Kier alpha value is -3.41. The molecule has 0 fully saturated rings. The fourth-order valence-electron chi connectivity index (χ4n) is 5.03. The molecule has 3 aromatic rings. The first-order chi connectivity index (χ1) is 17.5. The Kier molecular flexibility index (Phi) is 8.57. The van der Waals surface area contributed by atoms with E-state index in [4.69, 9.17) is 0 Å². The van der Waals surface area contributed by atoms with Gasteiger partial charge >= 0.3 is 0 Å². The summed E-state index contributed by atoms with van der Waals surface area (Å²) in [5, 5.41) is 0. The Bertz CT molecular complexity index is 1170. The Labute approximate surface area is 213 Å². The zero-order chi connectivity index (χ0) is 25.5. The first kappa shape index (κ1) is 25.7. The number of hydrogen-bond donors (Lipinski definition) is 0. The van der Waals surface area contributed by atoms with Gasteiger partial charge in [0.25, 0.3) is 5.91 Å². The number of fused-ring (bicyclic) bond motifs is 1. The van der Waals surface area contributed by atoms with E-state index < -0.39 is 6.04 Å². The average molecular weight is 490 g/mol. The Morgan fingerprint density at radius 3 is 2.44 bits per heavy atom. The van der Waals surface area contributed by atoms with Gasteiger partial charge < -0.3 is 14.4 Å². The molecule has 0 N–H and O–H groups in total. The van der Waals surface area contributed by atoms with Crippen LogP contribution in [0.5, 0.6) is 0 Å². The minimum atomic E-state index is -0.525. The van der Waals surface area contributed by atoms with Crippen LogP contribution in [0.2, 0.25) is 0 Å². The zero-order valence-electron chi connectivity index (χ0n) is 21.3. The van der Waals surface area contributed by atoms with Gasteiger partial charge in [-0.25, -0.2) is 4.39 Å². The third-order valence-electron chi connectivity index (χ3n) is 6.94. The summed E-state index contributed by atoms with van der Waals surface area (Å²) in [6.07, 6.45) is 7.23. The van der Waals surface area contributed by atoms with E-state index in [-0.39, 0.29) is 24.2 Å². The van der Waals surface area contributed by atoms with Gasteiger partial charge in [0.05, 0.1) is 0 Å². The number of halogens is 1. The molecule has 1 aromatic heterocycles. The molecule has 5 nitrogen and oxygen atoms in total. The quantitative estimate of drug-likeness (QED) is 0.336. The Morgan fingerprint density at radius 2 is 1.72 bits per heavy atom. The smallest absolute Gasteiger partial charge is 0.254 e. The highest BCUT2D eigenvalue weighted by molar-refractivity contribution is 5.96. The van der Waals surface area contributed by atoms with E-state index in [0.29, 0.717) is 30.8 Å². The summed E-state index contributed by atoms with van der Waals surface area (Å²) >= 11 is 0. The lowest BCUT2D eigenvalue weighted by Gasteiger charge is -2.38. The van der Waals surface area contributed by atoms with Crippen molar-refractivity contribution in [3.63, 3.8) is 0 Å². The maximum absolute atomic E-state index is 14.9. The third kappa shape index (κ3) is 5.69. The van der Waals surface area contributed by atoms with Crippen molar-refractivity contribution in [3.8, 4) is 0 Å². The fraction of sp³-hybridized carbons (Fsp3) is 0.400. The number of hydrogen-bond acceptors (Lipinski definition) is 2. The van der Waals surface area contributed by atoms with Gasteiger partial charge in [-0.2, -0.15) is 0 Å². The highest BCUT2D eigenvalue weighted by Gasteiger charge is 2.34. The van der Waals surface area contributed by atoms with Crippen LogP contribution in [0.4, 0.5) is 4.39 Å². The van der Waals surface area contributed by atoms with Gasteiger partial charge in [0.1, 0.15) is 18.4 Å². The van der Waals surface area contributed by atoms with Gasteiger partial charge in [0.2, 0.25) is 5.91 Å². The van der Waals surface area contributed by atoms with Gasteiger partial charge in [0.15, 0.2) is 0 Å². The van der Waals surface area contributed by atoms with E-state index >= 15 is 0 Å². The highest BCUT2D eigenvalue weighted by Crippen LogP contribution is 2.34. The zero-order valence-corrected chi connectivity index (χ0v) is 21.3. The summed E-state index contributed by atoms with van der Waals surface area (Å²) in [5.74, 6) is -0.655. The lowest BCUT2D eigenvalue weighted by molar-refractivity contribution is -0.134. The van der Waals surface area contributed by atoms with E-state index in [1.54, 1.807) is 28.0 Å². The van der Waals surface area contributed by atoms with E-state index in [9.17, 15) is 14.0 Å². The Balaban J connectivity index is 1.53. The summed E-state index contributed by atoms with van der Waals surface area (Å²) in [4.78, 5) is 30.4. The molecule has 36 heavy (non-hydrogen) atoms. The predicted molar refractivity (Wildman–Crippen MR) is 140 cm³/mol. The van der Waals surface area contributed by atoms with Gasteiger partial charge in [-0.1, -0.05) is 57.0 Å². The molecule has 6 heteroatoms. The van der Waals surface area contributed by atoms with Crippen molar-refractivity contribution in [1.82, 2.24) is 14.4 Å². The molecular weight excluding hydrogens is 453 g/mol. The molecule has 0 saturated heterocycles. The minimum absolute atomic E-state index is 0.0312. The minimum Gasteiger partial charge on any atom is -0.348 e.